The molecule has 4 rings (SSSR count). The first-order chi connectivity index (χ1) is 12.5. The topological polar surface area (TPSA) is 59.4 Å². The van der Waals surface area contributed by atoms with Gasteiger partial charge in [-0.2, -0.15) is 0 Å². The molecule has 0 unspecified atom stereocenters. The second kappa shape index (κ2) is 6.65. The smallest absolute Gasteiger partial charge is 0.321 e. The fraction of sp³-hybridized carbons (Fsp3) is 0.600. The molecule has 0 bridgehead atoms. The maximum atomic E-state index is 14.0. The summed E-state index contributed by atoms with van der Waals surface area (Å²) in [6.07, 6.45) is 5.91. The zero-order valence-electron chi connectivity index (χ0n) is 15.4. The average Bonchev–Trinajstić information content (AvgIpc) is 2.96. The van der Waals surface area contributed by atoms with E-state index in [-0.39, 0.29) is 17.3 Å². The number of nitrogens with one attached hydrogen (secondary N) is 2. The van der Waals surface area contributed by atoms with E-state index >= 15 is 0 Å². The maximum absolute atomic E-state index is 14.0. The Morgan fingerprint density at radius 2 is 1.96 bits per heavy atom. The third-order valence-electron chi connectivity index (χ3n) is 6.57. The third-order valence-corrected chi connectivity index (χ3v) is 6.57. The summed E-state index contributed by atoms with van der Waals surface area (Å²) in [7, 11) is 1.64. The number of halogens is 1. The van der Waals surface area contributed by atoms with Gasteiger partial charge in [-0.25, -0.2) is 9.18 Å². The van der Waals surface area contributed by atoms with Gasteiger partial charge in [0.1, 0.15) is 5.82 Å². The molecule has 1 spiro atoms. The molecule has 1 aliphatic carbocycles. The van der Waals surface area contributed by atoms with Crippen molar-refractivity contribution in [1.29, 1.82) is 5.41 Å². The number of amides is 2. The Morgan fingerprint density at radius 1 is 1.27 bits per heavy atom. The fourth-order valence-electron chi connectivity index (χ4n) is 5.02. The van der Waals surface area contributed by atoms with Crippen LogP contribution >= 0.6 is 0 Å². The lowest BCUT2D eigenvalue weighted by molar-refractivity contribution is 0.107. The first-order valence-electron chi connectivity index (χ1n) is 9.62. The molecule has 1 aromatic rings. The Kier molecular flexibility index (Phi) is 4.47. The van der Waals surface area contributed by atoms with Crippen molar-refractivity contribution in [3.63, 3.8) is 0 Å². The summed E-state index contributed by atoms with van der Waals surface area (Å²) in [6.45, 7) is 2.60. The van der Waals surface area contributed by atoms with Crippen LogP contribution in [-0.4, -0.2) is 49.4 Å². The molecular formula is C20H27FN4O. The molecule has 2 aliphatic heterocycles. The number of likely N-dealkylation sites (tertiary alicyclic amines) is 1. The molecule has 0 radical (unpaired) electrons. The predicted octanol–water partition coefficient (Wildman–Crippen LogP) is 3.28. The molecule has 1 aromatic carbocycles. The number of piperidine rings is 1. The second-order valence-electron chi connectivity index (χ2n) is 7.95. The van der Waals surface area contributed by atoms with Crippen molar-refractivity contribution in [3.05, 3.63) is 29.6 Å². The minimum absolute atomic E-state index is 0.122. The standard InChI is InChI=1S/C20H27FN4O/c1-23-19(26)25-13-20(17-12-14(21)2-7-18(17)25)8-10-24(11-9-20)16-5-3-15(22)4-6-16/h2,7,12,16,22H,3-6,8-11,13H2,1H3,(H,23,26). The molecule has 2 heterocycles. The monoisotopic (exact) mass is 358 g/mol. The molecule has 26 heavy (non-hydrogen) atoms. The van der Waals surface area contributed by atoms with Gasteiger partial charge in [0, 0.05) is 36.4 Å². The van der Waals surface area contributed by atoms with Crippen LogP contribution < -0.4 is 10.2 Å². The largest absolute Gasteiger partial charge is 0.341 e. The van der Waals surface area contributed by atoms with Crippen LogP contribution in [0.5, 0.6) is 0 Å². The van der Waals surface area contributed by atoms with Crippen LogP contribution in [0.25, 0.3) is 0 Å². The first-order valence-corrected chi connectivity index (χ1v) is 9.62. The van der Waals surface area contributed by atoms with Gasteiger partial charge >= 0.3 is 6.03 Å². The van der Waals surface area contributed by atoms with Gasteiger partial charge in [0.05, 0.1) is 0 Å². The number of urea groups is 1. The summed E-state index contributed by atoms with van der Waals surface area (Å²) in [4.78, 5) is 16.6. The van der Waals surface area contributed by atoms with Gasteiger partial charge in [0.2, 0.25) is 0 Å². The van der Waals surface area contributed by atoms with E-state index < -0.39 is 0 Å². The molecule has 2 fully saturated rings. The highest BCUT2D eigenvalue weighted by molar-refractivity contribution is 5.95. The van der Waals surface area contributed by atoms with E-state index in [0.29, 0.717) is 12.6 Å². The normalized spacial score (nSPS) is 25.4. The zero-order chi connectivity index (χ0) is 18.3. The lowest BCUT2D eigenvalue weighted by Crippen LogP contribution is -2.50. The summed E-state index contributed by atoms with van der Waals surface area (Å²) < 4.78 is 14.0. The summed E-state index contributed by atoms with van der Waals surface area (Å²) >= 11 is 0. The molecule has 2 amide bonds. The van der Waals surface area contributed by atoms with Gasteiger partial charge in [-0.1, -0.05) is 0 Å². The van der Waals surface area contributed by atoms with Crippen molar-refractivity contribution in [2.24, 2.45) is 0 Å². The number of hydrogen-bond donors (Lipinski definition) is 2. The molecule has 6 heteroatoms. The zero-order valence-corrected chi connectivity index (χ0v) is 15.4. The highest BCUT2D eigenvalue weighted by Crippen LogP contribution is 2.47. The highest BCUT2D eigenvalue weighted by Gasteiger charge is 2.47. The Morgan fingerprint density at radius 3 is 2.62 bits per heavy atom. The van der Waals surface area contributed by atoms with Crippen LogP contribution in [0.1, 0.15) is 44.1 Å². The SMILES string of the molecule is CNC(=O)N1CC2(CCN(C3CCC(=N)CC3)CC2)c2cc(F)ccc21. The van der Waals surface area contributed by atoms with Crippen molar-refractivity contribution in [1.82, 2.24) is 10.2 Å². The summed E-state index contributed by atoms with van der Waals surface area (Å²) in [5, 5.41) is 10.5. The average molecular weight is 358 g/mol. The van der Waals surface area contributed by atoms with Crippen LogP contribution in [0.2, 0.25) is 0 Å². The Balaban J connectivity index is 1.54. The van der Waals surface area contributed by atoms with Crippen LogP contribution in [0.15, 0.2) is 18.2 Å². The van der Waals surface area contributed by atoms with Gasteiger partial charge in [-0.05, 0) is 75.4 Å². The van der Waals surface area contributed by atoms with Crippen LogP contribution in [0, 0.1) is 11.2 Å². The number of carbonyl (C=O) groups is 1. The minimum atomic E-state index is -0.227. The van der Waals surface area contributed by atoms with Crippen molar-refractivity contribution >= 4 is 17.4 Å². The number of carbonyl (C=O) groups excluding carboxylic acids is 1. The Labute approximate surface area is 154 Å². The molecule has 3 aliphatic rings. The molecule has 1 saturated heterocycles. The van der Waals surface area contributed by atoms with Gasteiger partial charge in [0.15, 0.2) is 0 Å². The van der Waals surface area contributed by atoms with Gasteiger partial charge in [0.25, 0.3) is 0 Å². The first kappa shape index (κ1) is 17.5. The number of anilines is 1. The lowest BCUT2D eigenvalue weighted by Gasteiger charge is -2.44. The Bertz CT molecular complexity index is 717. The maximum Gasteiger partial charge on any atom is 0.321 e. The third kappa shape index (κ3) is 2.90. The van der Waals surface area contributed by atoms with Gasteiger partial charge < -0.3 is 15.6 Å². The summed E-state index contributed by atoms with van der Waals surface area (Å²) in [5.74, 6) is -0.227. The van der Waals surface area contributed by atoms with Crippen molar-refractivity contribution in [2.75, 3.05) is 31.6 Å². The highest BCUT2D eigenvalue weighted by atomic mass is 19.1. The number of benzene rings is 1. The quantitative estimate of drug-likeness (QED) is 0.809. The van der Waals surface area contributed by atoms with Crippen molar-refractivity contribution < 1.29 is 9.18 Å². The van der Waals surface area contributed by atoms with Crippen molar-refractivity contribution in [3.8, 4) is 0 Å². The van der Waals surface area contributed by atoms with E-state index in [2.05, 4.69) is 10.2 Å². The van der Waals surface area contributed by atoms with E-state index in [1.165, 1.54) is 6.07 Å². The van der Waals surface area contributed by atoms with E-state index in [0.717, 1.165) is 68.6 Å². The summed E-state index contributed by atoms with van der Waals surface area (Å²) in [6, 6.07) is 5.27. The van der Waals surface area contributed by atoms with E-state index in [4.69, 9.17) is 5.41 Å². The lowest BCUT2D eigenvalue weighted by atomic mass is 9.73. The van der Waals surface area contributed by atoms with Gasteiger partial charge in [-0.15, -0.1) is 0 Å². The molecular weight excluding hydrogens is 331 g/mol. The molecule has 0 aromatic heterocycles. The van der Waals surface area contributed by atoms with E-state index in [9.17, 15) is 9.18 Å². The molecule has 140 valence electrons. The number of hydrogen-bond acceptors (Lipinski definition) is 3. The fourth-order valence-corrected chi connectivity index (χ4v) is 5.02. The van der Waals surface area contributed by atoms with Gasteiger partial charge in [-0.3, -0.25) is 4.90 Å². The second-order valence-corrected chi connectivity index (χ2v) is 7.95. The van der Waals surface area contributed by atoms with Crippen LogP contribution in [0.3, 0.4) is 0 Å². The Hall–Kier alpha value is -1.95. The molecule has 0 atom stereocenters. The number of fused-ring (bicyclic) bond motifs is 2. The van der Waals surface area contributed by atoms with Crippen LogP contribution in [-0.2, 0) is 5.41 Å². The molecule has 1 saturated carbocycles. The summed E-state index contributed by atoms with van der Waals surface area (Å²) in [5.41, 5.74) is 2.59. The van der Waals surface area contributed by atoms with E-state index in [1.54, 1.807) is 24.1 Å². The minimum Gasteiger partial charge on any atom is -0.341 e. The molecule has 2 N–H and O–H groups in total. The van der Waals surface area contributed by atoms with Crippen molar-refractivity contribution in [2.45, 2.75) is 50.0 Å². The number of nitrogens with zero attached hydrogens (tertiary/aromatic N) is 2. The predicted molar refractivity (Wildman–Crippen MR) is 101 cm³/mol. The number of rotatable bonds is 1. The molecule has 5 nitrogen and oxygen atoms in total. The van der Waals surface area contributed by atoms with Crippen LogP contribution in [0.4, 0.5) is 14.9 Å². The van der Waals surface area contributed by atoms with E-state index in [1.807, 2.05) is 0 Å².